The van der Waals surface area contributed by atoms with Crippen LogP contribution in [0.5, 0.6) is 5.88 Å². The number of nitrogen functional groups attached to an aromatic ring is 2. The molecule has 0 bridgehead atoms. The third-order valence-electron chi connectivity index (χ3n) is 7.36. The van der Waals surface area contributed by atoms with Gasteiger partial charge in [-0.25, -0.2) is 24.5 Å². The van der Waals surface area contributed by atoms with Gasteiger partial charge in [-0.1, -0.05) is 0 Å². The summed E-state index contributed by atoms with van der Waals surface area (Å²) >= 11 is 0. The van der Waals surface area contributed by atoms with Gasteiger partial charge in [-0.2, -0.15) is 9.97 Å². The largest absolute Gasteiger partial charge is 0.479 e. The first kappa shape index (κ1) is 31.2. The molecule has 0 amide bonds. The van der Waals surface area contributed by atoms with Gasteiger partial charge in [0.1, 0.15) is 36.3 Å². The van der Waals surface area contributed by atoms with Gasteiger partial charge in [0.15, 0.2) is 53.8 Å². The number of fused-ring (bicyclic) bond motifs is 4. The number of aromatic nitrogens is 8. The van der Waals surface area contributed by atoms with Crippen LogP contribution in [-0.4, -0.2) is 116 Å². The predicted octanol–water partition coefficient (Wildman–Crippen LogP) is -1.63. The lowest BCUT2D eigenvalue weighted by Crippen LogP contribution is -2.38. The van der Waals surface area contributed by atoms with Crippen molar-refractivity contribution in [3.63, 3.8) is 0 Å². The van der Waals surface area contributed by atoms with Gasteiger partial charge in [0.05, 0.1) is 26.4 Å². The zero-order chi connectivity index (χ0) is 32.5. The Kier molecular flexibility index (Phi) is 7.70. The molecule has 4 aromatic heterocycles. The average molecular weight is 688 g/mol. The number of phosphoric acid groups is 1. The van der Waals surface area contributed by atoms with Gasteiger partial charge < -0.3 is 50.4 Å². The van der Waals surface area contributed by atoms with Crippen molar-refractivity contribution in [2.75, 3.05) is 31.5 Å². The summed E-state index contributed by atoms with van der Waals surface area (Å²) in [6.45, 7) is -0.792. The van der Waals surface area contributed by atoms with Crippen LogP contribution in [0.3, 0.4) is 0 Å². The molecule has 0 aromatic carbocycles. The van der Waals surface area contributed by atoms with E-state index >= 15 is 0 Å². The fourth-order valence-electron chi connectivity index (χ4n) is 5.34. The van der Waals surface area contributed by atoms with E-state index in [1.807, 2.05) is 0 Å². The monoisotopic (exact) mass is 688 g/mol. The first-order valence-corrected chi connectivity index (χ1v) is 16.5. The number of methoxy groups -OCH3 is 1. The molecule has 248 valence electrons. The fraction of sp³-hybridized carbons (Fsp3) is 0.524. The van der Waals surface area contributed by atoms with Gasteiger partial charge in [0.25, 0.3) is 0 Å². The second-order valence-electron chi connectivity index (χ2n) is 10.3. The second kappa shape index (κ2) is 11.4. The Morgan fingerprint density at radius 1 is 0.913 bits per heavy atom. The molecule has 25 heteroatoms. The molecule has 0 spiro atoms. The number of hydrogen-bond donors (Lipinski definition) is 6. The second-order valence-corrected chi connectivity index (χ2v) is 13.4. The molecule has 3 fully saturated rings. The van der Waals surface area contributed by atoms with Gasteiger partial charge in [-0.3, -0.25) is 27.3 Å². The lowest BCUT2D eigenvalue weighted by Gasteiger charge is -2.28. The van der Waals surface area contributed by atoms with Crippen molar-refractivity contribution in [3.05, 3.63) is 19.0 Å². The maximum absolute atomic E-state index is 13.2. The van der Waals surface area contributed by atoms with E-state index in [2.05, 4.69) is 29.9 Å². The number of hydrogen-bond acceptors (Lipinski definition) is 19. The first-order valence-electron chi connectivity index (χ1n) is 13.3. The van der Waals surface area contributed by atoms with Gasteiger partial charge in [0.2, 0.25) is 11.8 Å². The van der Waals surface area contributed by atoms with Crippen molar-refractivity contribution >= 4 is 49.5 Å². The van der Waals surface area contributed by atoms with Crippen molar-refractivity contribution in [3.8, 4) is 5.88 Å². The number of phosphoric ester groups is 1. The van der Waals surface area contributed by atoms with E-state index in [0.29, 0.717) is 0 Å². The number of rotatable bonds is 3. The van der Waals surface area contributed by atoms with Crippen molar-refractivity contribution in [1.82, 2.24) is 39.0 Å². The maximum atomic E-state index is 13.2. The standard InChI is InChI=1S/C21H26N10O13P2/c1-38-17-9-16(28-21(23)29-17)31(5-27-9)18-10(32)12-7(41-18)2-40-46(36,37)44-13-11(33)19(42-20(13)39-6-45(34,35)43-12)30-4-26-8-14(22)24-3-25-15(8)30/h3-5,7,10-13,18-20,32-33H,2,6H2,1H3,(H,34,35)(H,36,37)(H2,22,24,25)(H2,23,28,29)/t7-,10+,11+,12?,13?,18-,19-,20+/m1/s1. The summed E-state index contributed by atoms with van der Waals surface area (Å²) in [5, 5.41) is 22.4. The van der Waals surface area contributed by atoms with Crippen LogP contribution in [0.4, 0.5) is 11.8 Å². The molecular weight excluding hydrogens is 662 g/mol. The van der Waals surface area contributed by atoms with E-state index in [4.69, 9.17) is 44.0 Å². The van der Waals surface area contributed by atoms with Crippen LogP contribution in [0.2, 0.25) is 0 Å². The smallest absolute Gasteiger partial charge is 0.472 e. The average Bonchev–Trinajstić information content (AvgIpc) is 3.76. The molecule has 4 unspecified atom stereocenters. The number of ether oxygens (including phenoxy) is 4. The molecule has 10 atom stereocenters. The number of nitrogens with zero attached hydrogens (tertiary/aromatic N) is 8. The number of anilines is 2. The zero-order valence-corrected chi connectivity index (χ0v) is 25.1. The van der Waals surface area contributed by atoms with Crippen LogP contribution in [0.15, 0.2) is 19.0 Å². The van der Waals surface area contributed by atoms with Crippen LogP contribution in [0, 0.1) is 0 Å². The highest BCUT2D eigenvalue weighted by Gasteiger charge is 2.54. The quantitative estimate of drug-likeness (QED) is 0.132. The predicted molar refractivity (Wildman–Crippen MR) is 147 cm³/mol. The van der Waals surface area contributed by atoms with E-state index in [-0.39, 0.29) is 40.0 Å². The molecule has 4 aromatic rings. The maximum Gasteiger partial charge on any atom is 0.472 e. The number of aliphatic hydroxyl groups is 2. The summed E-state index contributed by atoms with van der Waals surface area (Å²) in [6.07, 6.45) is -10.2. The van der Waals surface area contributed by atoms with Crippen LogP contribution in [0.1, 0.15) is 12.5 Å². The SMILES string of the molecule is COc1nc(N)nc2c1ncn2[C@@H]1O[C@@H]2COP(=O)(O)OC3[C@@H](OCP(=O)(O)OC2[C@@H]1O)O[C@@H](n1cnc2c(N)ncnc21)[C@H]3O. The molecule has 3 aliphatic heterocycles. The van der Waals surface area contributed by atoms with Crippen LogP contribution in [0.25, 0.3) is 22.3 Å². The van der Waals surface area contributed by atoms with Crippen LogP contribution < -0.4 is 16.2 Å². The number of imidazole rings is 2. The Bertz CT molecular complexity index is 1890. The molecule has 3 saturated heterocycles. The zero-order valence-electron chi connectivity index (χ0n) is 23.4. The highest BCUT2D eigenvalue weighted by Crippen LogP contribution is 2.53. The Balaban J connectivity index is 1.17. The third-order valence-corrected chi connectivity index (χ3v) is 9.39. The summed E-state index contributed by atoms with van der Waals surface area (Å²) in [4.78, 5) is 45.6. The van der Waals surface area contributed by atoms with Crippen molar-refractivity contribution in [1.29, 1.82) is 0 Å². The molecule has 7 rings (SSSR count). The van der Waals surface area contributed by atoms with Crippen LogP contribution in [-0.2, 0) is 36.9 Å². The molecule has 8 N–H and O–H groups in total. The Morgan fingerprint density at radius 3 is 2.37 bits per heavy atom. The highest BCUT2D eigenvalue weighted by atomic mass is 31.2. The third kappa shape index (κ3) is 5.39. The fourth-order valence-corrected chi connectivity index (χ4v) is 7.31. The van der Waals surface area contributed by atoms with E-state index in [1.165, 1.54) is 28.9 Å². The number of nitrogens with two attached hydrogens (primary N) is 2. The Morgan fingerprint density at radius 2 is 1.61 bits per heavy atom. The molecular formula is C21H26N10O13P2. The van der Waals surface area contributed by atoms with Gasteiger partial charge in [0, 0.05) is 0 Å². The molecule has 0 radical (unpaired) electrons. The van der Waals surface area contributed by atoms with E-state index in [9.17, 15) is 29.1 Å². The van der Waals surface area contributed by atoms with Gasteiger partial charge >= 0.3 is 15.4 Å². The molecule has 0 saturated carbocycles. The molecule has 0 aliphatic carbocycles. The highest BCUT2D eigenvalue weighted by molar-refractivity contribution is 7.52. The summed E-state index contributed by atoms with van der Waals surface area (Å²) < 4.78 is 66.9. The van der Waals surface area contributed by atoms with Crippen LogP contribution >= 0.6 is 15.4 Å². The summed E-state index contributed by atoms with van der Waals surface area (Å²) in [5.74, 6) is -0.112. The molecule has 23 nitrogen and oxygen atoms in total. The van der Waals surface area contributed by atoms with Crippen molar-refractivity contribution < 1.29 is 61.6 Å². The van der Waals surface area contributed by atoms with E-state index in [0.717, 1.165) is 6.33 Å². The van der Waals surface area contributed by atoms with E-state index < -0.39 is 77.6 Å². The number of aliphatic hydroxyl groups excluding tert-OH is 2. The molecule has 7 heterocycles. The minimum atomic E-state index is -5.05. The summed E-state index contributed by atoms with van der Waals surface area (Å²) in [5.41, 5.74) is 12.2. The Labute approximate surface area is 256 Å². The minimum Gasteiger partial charge on any atom is -0.479 e. The van der Waals surface area contributed by atoms with E-state index in [1.54, 1.807) is 0 Å². The van der Waals surface area contributed by atoms with Gasteiger partial charge in [-0.05, 0) is 0 Å². The lowest BCUT2D eigenvalue weighted by molar-refractivity contribution is -0.168. The molecule has 3 aliphatic rings. The first-order chi connectivity index (χ1) is 21.9. The van der Waals surface area contributed by atoms with Crippen molar-refractivity contribution in [2.24, 2.45) is 0 Å². The summed E-state index contributed by atoms with van der Waals surface area (Å²) in [7, 11) is -8.47. The minimum absolute atomic E-state index is 0.0333. The Hall–Kier alpha value is -3.44. The molecule has 46 heavy (non-hydrogen) atoms. The summed E-state index contributed by atoms with van der Waals surface area (Å²) in [6, 6.07) is 0. The lowest BCUT2D eigenvalue weighted by atomic mass is 10.1. The van der Waals surface area contributed by atoms with Gasteiger partial charge in [-0.15, -0.1) is 0 Å². The normalized spacial score (nSPS) is 37.1. The topological polar surface area (TPSA) is 319 Å². The van der Waals surface area contributed by atoms with Crippen molar-refractivity contribution in [2.45, 2.75) is 49.3 Å².